The van der Waals surface area contributed by atoms with Gasteiger partial charge in [0.15, 0.2) is 5.78 Å². The minimum absolute atomic E-state index is 0.0934. The van der Waals surface area contributed by atoms with Gasteiger partial charge in [-0.2, -0.15) is 0 Å². The monoisotopic (exact) mass is 297 g/mol. The summed E-state index contributed by atoms with van der Waals surface area (Å²) >= 11 is 1.55. The number of fused-ring (bicyclic) bond motifs is 1. The summed E-state index contributed by atoms with van der Waals surface area (Å²) in [7, 11) is 2.03. The van der Waals surface area contributed by atoms with Crippen LogP contribution < -0.4 is 4.90 Å². The molecule has 0 amide bonds. The van der Waals surface area contributed by atoms with Gasteiger partial charge in [0.1, 0.15) is 0 Å². The quantitative estimate of drug-likeness (QED) is 0.598. The fourth-order valence-corrected chi connectivity index (χ4v) is 3.80. The minimum Gasteiger partial charge on any atom is -0.347 e. The van der Waals surface area contributed by atoms with Crippen LogP contribution in [-0.2, 0) is 5.41 Å². The number of para-hydroxylation sites is 1. The molecule has 0 N–H and O–H groups in total. The molecule has 1 aromatic heterocycles. The Morgan fingerprint density at radius 2 is 1.90 bits per heavy atom. The van der Waals surface area contributed by atoms with E-state index >= 15 is 0 Å². The highest BCUT2D eigenvalue weighted by Crippen LogP contribution is 2.46. The van der Waals surface area contributed by atoms with Gasteiger partial charge in [0.2, 0.25) is 0 Å². The number of thiophene rings is 1. The predicted octanol–water partition coefficient (Wildman–Crippen LogP) is 4.55. The summed E-state index contributed by atoms with van der Waals surface area (Å²) in [5, 5.41) is 0. The van der Waals surface area contributed by atoms with Crippen LogP contribution in [0.15, 0.2) is 48.2 Å². The van der Waals surface area contributed by atoms with E-state index in [1.807, 2.05) is 32.2 Å². The Kier molecular flexibility index (Phi) is 3.25. The minimum atomic E-state index is -0.146. The van der Waals surface area contributed by atoms with E-state index in [1.165, 1.54) is 16.1 Å². The number of hydrogen-bond donors (Lipinski definition) is 0. The maximum atomic E-state index is 12.5. The zero-order valence-corrected chi connectivity index (χ0v) is 13.6. The predicted molar refractivity (Wildman–Crippen MR) is 89.3 cm³/mol. The van der Waals surface area contributed by atoms with Gasteiger partial charge in [-0.3, -0.25) is 4.79 Å². The number of nitrogens with zero attached hydrogens (tertiary/aromatic N) is 1. The first kappa shape index (κ1) is 14.1. The maximum Gasteiger partial charge on any atom is 0.197 e. The topological polar surface area (TPSA) is 20.3 Å². The van der Waals surface area contributed by atoms with E-state index in [1.54, 1.807) is 17.4 Å². The van der Waals surface area contributed by atoms with E-state index in [2.05, 4.69) is 36.9 Å². The van der Waals surface area contributed by atoms with Crippen molar-refractivity contribution in [2.75, 3.05) is 11.9 Å². The normalized spacial score (nSPS) is 18.1. The average molecular weight is 297 g/mol. The van der Waals surface area contributed by atoms with E-state index in [0.29, 0.717) is 0 Å². The van der Waals surface area contributed by atoms with Gasteiger partial charge in [0.05, 0.1) is 4.88 Å². The van der Waals surface area contributed by atoms with Gasteiger partial charge in [-0.1, -0.05) is 32.0 Å². The lowest BCUT2D eigenvalue weighted by molar-refractivity contribution is 0.104. The molecular weight excluding hydrogens is 278 g/mol. The van der Waals surface area contributed by atoms with Crippen LogP contribution in [0, 0.1) is 6.92 Å². The molecule has 0 saturated heterocycles. The second-order valence-corrected chi connectivity index (χ2v) is 7.29. The molecule has 2 heterocycles. The lowest BCUT2D eigenvalue weighted by Crippen LogP contribution is -2.24. The molecule has 0 unspecified atom stereocenters. The first-order valence-corrected chi connectivity index (χ1v) is 7.89. The van der Waals surface area contributed by atoms with Crippen molar-refractivity contribution in [3.05, 3.63) is 63.5 Å². The van der Waals surface area contributed by atoms with E-state index in [9.17, 15) is 4.79 Å². The van der Waals surface area contributed by atoms with Crippen molar-refractivity contribution in [2.45, 2.75) is 26.2 Å². The number of carbonyl (C=O) groups excluding carboxylic acids is 1. The van der Waals surface area contributed by atoms with E-state index < -0.39 is 0 Å². The van der Waals surface area contributed by atoms with Gasteiger partial charge >= 0.3 is 0 Å². The van der Waals surface area contributed by atoms with Crippen molar-refractivity contribution in [3.63, 3.8) is 0 Å². The molecule has 0 radical (unpaired) electrons. The summed E-state index contributed by atoms with van der Waals surface area (Å²) in [6.07, 6.45) is 1.80. The van der Waals surface area contributed by atoms with Crippen LogP contribution in [0.2, 0.25) is 0 Å². The summed E-state index contributed by atoms with van der Waals surface area (Å²) in [5.74, 6) is 0.0934. The zero-order valence-electron chi connectivity index (χ0n) is 12.8. The van der Waals surface area contributed by atoms with Gasteiger partial charge in [-0.05, 0) is 30.7 Å². The first-order chi connectivity index (χ1) is 9.91. The van der Waals surface area contributed by atoms with Crippen molar-refractivity contribution in [1.82, 2.24) is 0 Å². The molecule has 0 fully saturated rings. The molecule has 1 aromatic carbocycles. The highest BCUT2D eigenvalue weighted by atomic mass is 32.1. The number of benzene rings is 1. The lowest BCUT2D eigenvalue weighted by atomic mass is 9.83. The second-order valence-electron chi connectivity index (χ2n) is 6.01. The van der Waals surface area contributed by atoms with Gasteiger partial charge in [-0.25, -0.2) is 0 Å². The van der Waals surface area contributed by atoms with Crippen LogP contribution >= 0.6 is 11.3 Å². The third-order valence-electron chi connectivity index (χ3n) is 4.19. The zero-order chi connectivity index (χ0) is 15.2. The number of allylic oxidation sites excluding steroid dienone is 2. The molecule has 0 spiro atoms. The number of aryl methyl sites for hydroxylation is 1. The fraction of sp³-hybridized carbons (Fsp3) is 0.278. The Balaban J connectivity index is 2.04. The summed E-state index contributed by atoms with van der Waals surface area (Å²) in [5.41, 5.74) is 3.37. The molecule has 1 aliphatic rings. The Morgan fingerprint density at radius 1 is 1.19 bits per heavy atom. The fourth-order valence-electron chi connectivity index (χ4n) is 3.02. The van der Waals surface area contributed by atoms with Gasteiger partial charge in [0.25, 0.3) is 0 Å². The Labute approximate surface area is 129 Å². The van der Waals surface area contributed by atoms with E-state index in [0.717, 1.165) is 10.6 Å². The largest absolute Gasteiger partial charge is 0.347 e. The summed E-state index contributed by atoms with van der Waals surface area (Å²) in [6.45, 7) is 6.37. The molecule has 1 aliphatic heterocycles. The molecule has 0 atom stereocenters. The third kappa shape index (κ3) is 2.22. The molecule has 3 rings (SSSR count). The smallest absolute Gasteiger partial charge is 0.197 e. The summed E-state index contributed by atoms with van der Waals surface area (Å²) in [6, 6.07) is 12.3. The van der Waals surface area contributed by atoms with Crippen molar-refractivity contribution < 1.29 is 4.79 Å². The molecule has 0 bridgehead atoms. The molecule has 21 heavy (non-hydrogen) atoms. The lowest BCUT2D eigenvalue weighted by Gasteiger charge is -2.23. The first-order valence-electron chi connectivity index (χ1n) is 7.07. The number of ketones is 1. The molecule has 2 nitrogen and oxygen atoms in total. The molecule has 0 saturated carbocycles. The third-order valence-corrected chi connectivity index (χ3v) is 5.21. The van der Waals surface area contributed by atoms with Gasteiger partial charge in [0, 0.05) is 34.8 Å². The number of anilines is 1. The molecule has 2 aromatic rings. The Hall–Kier alpha value is -1.87. The van der Waals surface area contributed by atoms with Crippen molar-refractivity contribution >= 4 is 22.8 Å². The summed E-state index contributed by atoms with van der Waals surface area (Å²) < 4.78 is 0. The van der Waals surface area contributed by atoms with Crippen LogP contribution in [0.5, 0.6) is 0 Å². The molecule has 0 aliphatic carbocycles. The van der Waals surface area contributed by atoms with E-state index in [4.69, 9.17) is 0 Å². The van der Waals surface area contributed by atoms with Crippen molar-refractivity contribution in [1.29, 1.82) is 0 Å². The van der Waals surface area contributed by atoms with Crippen molar-refractivity contribution in [2.24, 2.45) is 0 Å². The van der Waals surface area contributed by atoms with Crippen LogP contribution in [0.1, 0.15) is 34.0 Å². The number of carbonyl (C=O) groups is 1. The van der Waals surface area contributed by atoms with Crippen LogP contribution in [0.25, 0.3) is 0 Å². The SMILES string of the molecule is Cc1ccc(C(=O)C=C2N(C)c3ccccc3C2(C)C)s1. The Morgan fingerprint density at radius 3 is 2.52 bits per heavy atom. The second kappa shape index (κ2) is 4.85. The molecular formula is C18H19NOS. The van der Waals surface area contributed by atoms with Crippen molar-refractivity contribution in [3.8, 4) is 0 Å². The number of likely N-dealkylation sites (N-methyl/N-ethyl adjacent to an activating group) is 1. The molecule has 3 heteroatoms. The molecule has 108 valence electrons. The van der Waals surface area contributed by atoms with Crippen LogP contribution in [0.3, 0.4) is 0 Å². The van der Waals surface area contributed by atoms with E-state index in [-0.39, 0.29) is 11.2 Å². The average Bonchev–Trinajstić information content (AvgIpc) is 2.96. The standard InChI is InChI=1S/C18H19NOS/c1-12-9-10-16(21-12)15(20)11-17-18(2,3)13-7-5-6-8-14(13)19(17)4/h5-11H,1-4H3. The Bertz CT molecular complexity index is 739. The summed E-state index contributed by atoms with van der Waals surface area (Å²) in [4.78, 5) is 16.6. The number of rotatable bonds is 2. The maximum absolute atomic E-state index is 12.5. The number of hydrogen-bond acceptors (Lipinski definition) is 3. The van der Waals surface area contributed by atoms with Gasteiger partial charge < -0.3 is 4.90 Å². The van der Waals surface area contributed by atoms with Crippen LogP contribution in [-0.4, -0.2) is 12.8 Å². The highest BCUT2D eigenvalue weighted by Gasteiger charge is 2.38. The van der Waals surface area contributed by atoms with Crippen LogP contribution in [0.4, 0.5) is 5.69 Å². The highest BCUT2D eigenvalue weighted by molar-refractivity contribution is 7.14. The van der Waals surface area contributed by atoms with Gasteiger partial charge in [-0.15, -0.1) is 11.3 Å².